The molecule has 1 atom stereocenters. The molecular formula is C17H27NO2. The quantitative estimate of drug-likeness (QED) is 0.863. The molecule has 1 N–H and O–H groups in total. The van der Waals surface area contributed by atoms with Crippen molar-refractivity contribution in [3.63, 3.8) is 0 Å². The van der Waals surface area contributed by atoms with Crippen LogP contribution in [-0.2, 0) is 6.42 Å². The Morgan fingerprint density at radius 2 is 2.00 bits per heavy atom. The Kier molecular flexibility index (Phi) is 5.72. The smallest absolute Gasteiger partial charge is 0.122 e. The van der Waals surface area contributed by atoms with Gasteiger partial charge in [0.05, 0.1) is 14.2 Å². The zero-order chi connectivity index (χ0) is 14.4. The van der Waals surface area contributed by atoms with Gasteiger partial charge in [0.25, 0.3) is 0 Å². The van der Waals surface area contributed by atoms with E-state index < -0.39 is 0 Å². The number of nitrogens with one attached hydrogen (secondary N) is 1. The Morgan fingerprint density at radius 1 is 1.20 bits per heavy atom. The Labute approximate surface area is 122 Å². The van der Waals surface area contributed by atoms with Gasteiger partial charge in [-0.2, -0.15) is 0 Å². The van der Waals surface area contributed by atoms with Crippen LogP contribution >= 0.6 is 0 Å². The predicted molar refractivity (Wildman–Crippen MR) is 83.0 cm³/mol. The van der Waals surface area contributed by atoms with E-state index in [-0.39, 0.29) is 0 Å². The van der Waals surface area contributed by atoms with E-state index in [9.17, 15) is 0 Å². The minimum absolute atomic E-state index is 0.535. The lowest BCUT2D eigenvalue weighted by molar-refractivity contribution is 0.381. The lowest BCUT2D eigenvalue weighted by atomic mass is 9.89. The number of methoxy groups -OCH3 is 2. The Morgan fingerprint density at radius 3 is 2.60 bits per heavy atom. The van der Waals surface area contributed by atoms with Crippen LogP contribution in [0.25, 0.3) is 0 Å². The molecule has 0 bridgehead atoms. The fraction of sp³-hybridized carbons (Fsp3) is 0.647. The highest BCUT2D eigenvalue weighted by atomic mass is 16.5. The summed E-state index contributed by atoms with van der Waals surface area (Å²) in [5.41, 5.74) is 2.55. The molecule has 1 aliphatic rings. The first-order valence-corrected chi connectivity index (χ1v) is 7.75. The third kappa shape index (κ3) is 3.45. The van der Waals surface area contributed by atoms with Gasteiger partial charge >= 0.3 is 0 Å². The number of hydrogen-bond donors (Lipinski definition) is 1. The van der Waals surface area contributed by atoms with Crippen molar-refractivity contribution < 1.29 is 9.47 Å². The number of ether oxygens (including phenoxy) is 2. The summed E-state index contributed by atoms with van der Waals surface area (Å²) >= 11 is 0. The molecule has 1 aliphatic heterocycles. The van der Waals surface area contributed by atoms with Crippen LogP contribution in [0.3, 0.4) is 0 Å². The fourth-order valence-corrected chi connectivity index (χ4v) is 2.98. The lowest BCUT2D eigenvalue weighted by Crippen LogP contribution is -2.28. The van der Waals surface area contributed by atoms with Gasteiger partial charge in [-0.15, -0.1) is 0 Å². The second kappa shape index (κ2) is 7.53. The van der Waals surface area contributed by atoms with E-state index >= 15 is 0 Å². The van der Waals surface area contributed by atoms with Crippen molar-refractivity contribution in [1.29, 1.82) is 0 Å². The maximum absolute atomic E-state index is 5.64. The molecule has 0 unspecified atom stereocenters. The summed E-state index contributed by atoms with van der Waals surface area (Å²) in [7, 11) is 3.53. The summed E-state index contributed by atoms with van der Waals surface area (Å²) in [5.74, 6) is 2.57. The van der Waals surface area contributed by atoms with Crippen molar-refractivity contribution in [1.82, 2.24) is 5.32 Å². The average Bonchev–Trinajstić information content (AvgIpc) is 2.52. The molecular weight excluding hydrogens is 250 g/mol. The van der Waals surface area contributed by atoms with Gasteiger partial charge in [0.2, 0.25) is 0 Å². The zero-order valence-electron chi connectivity index (χ0n) is 13.0. The number of hydrogen-bond acceptors (Lipinski definition) is 3. The summed E-state index contributed by atoms with van der Waals surface area (Å²) in [6, 6.07) is 4.37. The second-order valence-electron chi connectivity index (χ2n) is 5.55. The fourth-order valence-electron chi connectivity index (χ4n) is 2.98. The summed E-state index contributed by atoms with van der Waals surface area (Å²) in [4.78, 5) is 0. The first-order valence-electron chi connectivity index (χ1n) is 7.75. The van der Waals surface area contributed by atoms with Gasteiger partial charge in [-0.3, -0.25) is 0 Å². The van der Waals surface area contributed by atoms with E-state index in [0.717, 1.165) is 31.0 Å². The Bertz CT molecular complexity index is 425. The normalized spacial score (nSPS) is 18.9. The molecule has 1 saturated heterocycles. The highest BCUT2D eigenvalue weighted by molar-refractivity contribution is 5.48. The highest BCUT2D eigenvalue weighted by Gasteiger charge is 2.21. The summed E-state index contributed by atoms with van der Waals surface area (Å²) in [5, 5.41) is 3.47. The van der Waals surface area contributed by atoms with Crippen LogP contribution in [0.1, 0.15) is 49.7 Å². The molecule has 0 radical (unpaired) electrons. The van der Waals surface area contributed by atoms with Crippen molar-refractivity contribution in [3.05, 3.63) is 23.3 Å². The van der Waals surface area contributed by atoms with Crippen molar-refractivity contribution in [2.45, 2.75) is 44.9 Å². The molecule has 0 aliphatic carbocycles. The van der Waals surface area contributed by atoms with E-state index in [1.165, 1.54) is 36.8 Å². The first kappa shape index (κ1) is 15.2. The lowest BCUT2D eigenvalue weighted by Gasteiger charge is -2.26. The first-order chi connectivity index (χ1) is 9.80. The van der Waals surface area contributed by atoms with Crippen LogP contribution in [0, 0.1) is 0 Å². The van der Waals surface area contributed by atoms with Crippen LogP contribution in [-0.4, -0.2) is 27.3 Å². The molecule has 3 heteroatoms. The molecule has 1 aromatic carbocycles. The molecule has 1 heterocycles. The number of benzene rings is 1. The maximum atomic E-state index is 5.64. The third-order valence-corrected chi connectivity index (χ3v) is 4.17. The van der Waals surface area contributed by atoms with Crippen molar-refractivity contribution in [2.24, 2.45) is 0 Å². The number of piperidine rings is 1. The van der Waals surface area contributed by atoms with Crippen LogP contribution in [0.4, 0.5) is 0 Å². The number of rotatable bonds is 6. The largest absolute Gasteiger partial charge is 0.496 e. The molecule has 0 saturated carbocycles. The van der Waals surface area contributed by atoms with Crippen LogP contribution in [0.15, 0.2) is 12.1 Å². The van der Waals surface area contributed by atoms with Gasteiger partial charge in [-0.05, 0) is 49.9 Å². The van der Waals surface area contributed by atoms with Crippen molar-refractivity contribution in [3.8, 4) is 11.5 Å². The van der Waals surface area contributed by atoms with E-state index in [1.54, 1.807) is 14.2 Å². The summed E-state index contributed by atoms with van der Waals surface area (Å²) < 4.78 is 11.2. The van der Waals surface area contributed by atoms with Gasteiger partial charge in [0, 0.05) is 18.0 Å². The Balaban J connectivity index is 2.30. The third-order valence-electron chi connectivity index (χ3n) is 4.17. The van der Waals surface area contributed by atoms with E-state index in [4.69, 9.17) is 9.47 Å². The van der Waals surface area contributed by atoms with Gasteiger partial charge in [0.1, 0.15) is 11.5 Å². The molecule has 3 nitrogen and oxygen atoms in total. The predicted octanol–water partition coefficient (Wildman–Crippen LogP) is 3.51. The highest BCUT2D eigenvalue weighted by Crippen LogP contribution is 2.36. The molecule has 0 amide bonds. The minimum atomic E-state index is 0.535. The number of aryl methyl sites for hydroxylation is 1. The summed E-state index contributed by atoms with van der Waals surface area (Å²) in [6.07, 6.45) is 5.89. The molecule has 0 aromatic heterocycles. The van der Waals surface area contributed by atoms with Crippen LogP contribution in [0.5, 0.6) is 11.5 Å². The molecule has 0 spiro atoms. The van der Waals surface area contributed by atoms with Crippen molar-refractivity contribution in [2.75, 3.05) is 27.3 Å². The van der Waals surface area contributed by atoms with Gasteiger partial charge in [-0.25, -0.2) is 0 Å². The topological polar surface area (TPSA) is 30.5 Å². The number of unbranched alkanes of at least 4 members (excludes halogenated alkanes) is 1. The minimum Gasteiger partial charge on any atom is -0.496 e. The van der Waals surface area contributed by atoms with Crippen LogP contribution < -0.4 is 14.8 Å². The van der Waals surface area contributed by atoms with Crippen LogP contribution in [0.2, 0.25) is 0 Å². The maximum Gasteiger partial charge on any atom is 0.122 e. The second-order valence-corrected chi connectivity index (χ2v) is 5.55. The van der Waals surface area contributed by atoms with E-state index in [1.807, 2.05) is 0 Å². The van der Waals surface area contributed by atoms with Crippen molar-refractivity contribution >= 4 is 0 Å². The Hall–Kier alpha value is -1.22. The van der Waals surface area contributed by atoms with Gasteiger partial charge in [0.15, 0.2) is 0 Å². The van der Waals surface area contributed by atoms with E-state index in [2.05, 4.69) is 24.4 Å². The SMILES string of the molecule is CCCCc1cc(OC)c([C@H]2CCCNC2)cc1OC. The monoisotopic (exact) mass is 277 g/mol. The summed E-state index contributed by atoms with van der Waals surface area (Å²) in [6.45, 7) is 4.38. The zero-order valence-corrected chi connectivity index (χ0v) is 13.0. The molecule has 2 rings (SSSR count). The van der Waals surface area contributed by atoms with Gasteiger partial charge in [-0.1, -0.05) is 13.3 Å². The van der Waals surface area contributed by atoms with Gasteiger partial charge < -0.3 is 14.8 Å². The average molecular weight is 277 g/mol. The molecule has 112 valence electrons. The standard InChI is InChI=1S/C17H27NO2/c1-4-5-7-13-10-17(20-3)15(11-16(13)19-2)14-8-6-9-18-12-14/h10-11,14,18H,4-9,12H2,1-3H3/t14-/m0/s1. The molecule has 1 fully saturated rings. The molecule has 1 aromatic rings. The van der Waals surface area contributed by atoms with E-state index in [0.29, 0.717) is 5.92 Å². The molecule has 20 heavy (non-hydrogen) atoms.